The molecule has 0 aliphatic heterocycles. The van der Waals surface area contributed by atoms with Crippen molar-refractivity contribution >= 4 is 29.1 Å². The first-order valence-corrected chi connectivity index (χ1v) is 8.31. The molecule has 0 fully saturated rings. The van der Waals surface area contributed by atoms with Crippen LogP contribution in [0.5, 0.6) is 0 Å². The van der Waals surface area contributed by atoms with Gasteiger partial charge in [-0.3, -0.25) is 19.4 Å². The highest BCUT2D eigenvalue weighted by Crippen LogP contribution is 2.08. The monoisotopic (exact) mass is 367 g/mol. The number of carbonyl (C=O) groups excluding carboxylic acids is 3. The van der Waals surface area contributed by atoms with Crippen LogP contribution in [0.25, 0.3) is 0 Å². The molecule has 0 saturated heterocycles. The minimum atomic E-state index is -0.911. The van der Waals surface area contributed by atoms with E-state index < -0.39 is 11.8 Å². The van der Waals surface area contributed by atoms with Gasteiger partial charge in [-0.15, -0.1) is 0 Å². The van der Waals surface area contributed by atoms with Gasteiger partial charge >= 0.3 is 11.8 Å². The molecule has 2 aromatic rings. The summed E-state index contributed by atoms with van der Waals surface area (Å²) in [6.07, 6.45) is 3.31. The number of aryl methyl sites for hydroxylation is 1. The quantitative estimate of drug-likeness (QED) is 0.408. The van der Waals surface area contributed by atoms with Crippen LogP contribution >= 0.6 is 0 Å². The highest BCUT2D eigenvalue weighted by atomic mass is 16.2. The summed E-state index contributed by atoms with van der Waals surface area (Å²) >= 11 is 0. The molecule has 1 aromatic carbocycles. The molecule has 27 heavy (non-hydrogen) atoms. The zero-order valence-electron chi connectivity index (χ0n) is 15.2. The number of benzene rings is 1. The van der Waals surface area contributed by atoms with Gasteiger partial charge in [-0.1, -0.05) is 23.8 Å². The minimum absolute atomic E-state index is 0.000122. The Morgan fingerprint density at radius 3 is 2.48 bits per heavy atom. The Kier molecular flexibility index (Phi) is 7.18. The maximum Gasteiger partial charge on any atom is 0.329 e. The number of anilines is 1. The van der Waals surface area contributed by atoms with Gasteiger partial charge < -0.3 is 10.6 Å². The summed E-state index contributed by atoms with van der Waals surface area (Å²) in [6.45, 7) is 3.86. The number of hydrogen-bond donors (Lipinski definition) is 3. The number of nitrogens with one attached hydrogen (secondary N) is 3. The molecule has 0 bridgehead atoms. The fourth-order valence-corrected chi connectivity index (χ4v) is 2.06. The average Bonchev–Trinajstić information content (AvgIpc) is 2.67. The zero-order valence-corrected chi connectivity index (χ0v) is 15.2. The van der Waals surface area contributed by atoms with E-state index in [0.717, 1.165) is 11.1 Å². The molecule has 3 N–H and O–H groups in total. The van der Waals surface area contributed by atoms with Gasteiger partial charge in [-0.2, -0.15) is 5.10 Å². The molecule has 0 radical (unpaired) electrons. The summed E-state index contributed by atoms with van der Waals surface area (Å²) in [7, 11) is 0. The van der Waals surface area contributed by atoms with E-state index in [1.165, 1.54) is 0 Å². The second-order valence-electron chi connectivity index (χ2n) is 5.92. The van der Waals surface area contributed by atoms with Gasteiger partial charge in [0.25, 0.3) is 0 Å². The van der Waals surface area contributed by atoms with E-state index >= 15 is 0 Å². The molecule has 3 amide bonds. The summed E-state index contributed by atoms with van der Waals surface area (Å²) in [5.74, 6) is -2.00. The molecule has 8 nitrogen and oxygen atoms in total. The lowest BCUT2D eigenvalue weighted by atomic mass is 10.2. The lowest BCUT2D eigenvalue weighted by Gasteiger charge is -2.06. The van der Waals surface area contributed by atoms with Gasteiger partial charge in [0.1, 0.15) is 0 Å². The second-order valence-corrected chi connectivity index (χ2v) is 5.92. The van der Waals surface area contributed by atoms with Crippen LogP contribution in [0.15, 0.2) is 53.9 Å². The molecule has 8 heteroatoms. The van der Waals surface area contributed by atoms with Crippen molar-refractivity contribution in [2.75, 3.05) is 5.32 Å². The second kappa shape index (κ2) is 9.81. The van der Waals surface area contributed by atoms with E-state index in [-0.39, 0.29) is 12.3 Å². The summed E-state index contributed by atoms with van der Waals surface area (Å²) in [6, 6.07) is 10.7. The molecule has 0 saturated carbocycles. The molecule has 0 spiro atoms. The van der Waals surface area contributed by atoms with Crippen molar-refractivity contribution in [2.45, 2.75) is 26.8 Å². The number of rotatable bonds is 6. The van der Waals surface area contributed by atoms with Crippen LogP contribution < -0.4 is 16.1 Å². The third-order valence-corrected chi connectivity index (χ3v) is 3.49. The van der Waals surface area contributed by atoms with E-state index in [4.69, 9.17) is 0 Å². The van der Waals surface area contributed by atoms with Crippen molar-refractivity contribution in [1.82, 2.24) is 15.7 Å². The first-order chi connectivity index (χ1) is 12.9. The Hall–Kier alpha value is -3.55. The number of amides is 3. The van der Waals surface area contributed by atoms with Crippen LogP contribution in [0.1, 0.15) is 24.5 Å². The summed E-state index contributed by atoms with van der Waals surface area (Å²) in [5, 5.41) is 8.97. The summed E-state index contributed by atoms with van der Waals surface area (Å²) < 4.78 is 0. The third-order valence-electron chi connectivity index (χ3n) is 3.49. The lowest BCUT2D eigenvalue weighted by Crippen LogP contribution is -2.33. The lowest BCUT2D eigenvalue weighted by molar-refractivity contribution is -0.136. The van der Waals surface area contributed by atoms with Crippen molar-refractivity contribution in [3.8, 4) is 0 Å². The van der Waals surface area contributed by atoms with Crippen LogP contribution in [0.4, 0.5) is 5.69 Å². The average molecular weight is 367 g/mol. The fraction of sp³-hybridized carbons (Fsp3) is 0.211. The largest absolute Gasteiger partial charge is 0.352 e. The Labute approximate surface area is 157 Å². The van der Waals surface area contributed by atoms with Gasteiger partial charge in [0.2, 0.25) is 5.91 Å². The van der Waals surface area contributed by atoms with Crippen LogP contribution in [0.2, 0.25) is 0 Å². The molecule has 0 unspecified atom stereocenters. The fourth-order valence-electron chi connectivity index (χ4n) is 2.06. The molecular formula is C19H21N5O3. The molecule has 0 aliphatic carbocycles. The Bertz CT molecular complexity index is 832. The van der Waals surface area contributed by atoms with E-state index in [1.54, 1.807) is 37.5 Å². The number of aromatic nitrogens is 1. The molecular weight excluding hydrogens is 346 g/mol. The molecule has 0 aliphatic rings. The predicted molar refractivity (Wildman–Crippen MR) is 102 cm³/mol. The van der Waals surface area contributed by atoms with Crippen molar-refractivity contribution < 1.29 is 14.4 Å². The van der Waals surface area contributed by atoms with Crippen molar-refractivity contribution in [2.24, 2.45) is 5.10 Å². The first-order valence-electron chi connectivity index (χ1n) is 8.31. The summed E-state index contributed by atoms with van der Waals surface area (Å²) in [5.41, 5.74) is 4.94. The van der Waals surface area contributed by atoms with Crippen molar-refractivity contribution in [3.63, 3.8) is 0 Å². The van der Waals surface area contributed by atoms with E-state index in [9.17, 15) is 14.4 Å². The van der Waals surface area contributed by atoms with Crippen molar-refractivity contribution in [3.05, 3.63) is 59.9 Å². The van der Waals surface area contributed by atoms with Gasteiger partial charge in [0.05, 0.1) is 6.42 Å². The van der Waals surface area contributed by atoms with Crippen LogP contribution in [0.3, 0.4) is 0 Å². The van der Waals surface area contributed by atoms with Crippen molar-refractivity contribution in [1.29, 1.82) is 0 Å². The normalized spacial score (nSPS) is 10.8. The number of carbonyl (C=O) groups is 3. The van der Waals surface area contributed by atoms with E-state index in [0.29, 0.717) is 17.9 Å². The summed E-state index contributed by atoms with van der Waals surface area (Å²) in [4.78, 5) is 39.4. The standard InChI is InChI=1S/C19H21N5O3/c1-13-5-7-16(8-6-13)22-18(26)19(27)24-23-14(2)10-17(25)21-12-15-4-3-9-20-11-15/h3-9,11H,10,12H2,1-2H3,(H,21,25)(H,22,26)(H,24,27)/b23-14-. The SMILES string of the molecule is C/C(CC(=O)NCc1cccnc1)=N/NC(=O)C(=O)Nc1ccc(C)cc1. The topological polar surface area (TPSA) is 113 Å². The number of hydrazone groups is 1. The maximum absolute atomic E-state index is 11.9. The number of pyridine rings is 1. The Balaban J connectivity index is 1.76. The van der Waals surface area contributed by atoms with Gasteiger partial charge in [0.15, 0.2) is 0 Å². The zero-order chi connectivity index (χ0) is 19.6. The van der Waals surface area contributed by atoms with E-state index in [2.05, 4.69) is 26.1 Å². The molecule has 140 valence electrons. The predicted octanol–water partition coefficient (Wildman–Crippen LogP) is 1.53. The smallest absolute Gasteiger partial charge is 0.329 e. The van der Waals surface area contributed by atoms with Gasteiger partial charge in [0, 0.05) is 30.3 Å². The van der Waals surface area contributed by atoms with Crippen LogP contribution in [-0.4, -0.2) is 28.4 Å². The van der Waals surface area contributed by atoms with E-state index in [1.807, 2.05) is 25.1 Å². The molecule has 1 aromatic heterocycles. The highest BCUT2D eigenvalue weighted by molar-refractivity contribution is 6.39. The van der Waals surface area contributed by atoms with Crippen LogP contribution in [-0.2, 0) is 20.9 Å². The van der Waals surface area contributed by atoms with Crippen LogP contribution in [0, 0.1) is 6.92 Å². The molecule has 0 atom stereocenters. The number of nitrogens with zero attached hydrogens (tertiary/aromatic N) is 2. The third kappa shape index (κ3) is 7.07. The Morgan fingerprint density at radius 1 is 1.07 bits per heavy atom. The number of hydrogen-bond acceptors (Lipinski definition) is 5. The Morgan fingerprint density at radius 2 is 1.81 bits per heavy atom. The van der Waals surface area contributed by atoms with Gasteiger partial charge in [-0.05, 0) is 37.6 Å². The minimum Gasteiger partial charge on any atom is -0.352 e. The molecule has 1 heterocycles. The maximum atomic E-state index is 11.9. The molecule has 2 rings (SSSR count). The van der Waals surface area contributed by atoms with Gasteiger partial charge in [-0.25, -0.2) is 5.43 Å². The highest BCUT2D eigenvalue weighted by Gasteiger charge is 2.13. The first kappa shape index (κ1) is 19.8.